The first-order valence-electron chi connectivity index (χ1n) is 10.8. The van der Waals surface area contributed by atoms with Crippen LogP contribution in [0.3, 0.4) is 0 Å². The van der Waals surface area contributed by atoms with Crippen LogP contribution in [0, 0.1) is 0 Å². The molecule has 0 fully saturated rings. The lowest BCUT2D eigenvalue weighted by Gasteiger charge is -2.28. The van der Waals surface area contributed by atoms with E-state index in [4.69, 9.17) is 18.0 Å². The predicted octanol–water partition coefficient (Wildman–Crippen LogP) is 5.67. The standard InChI is InChI=1S/C21H42O5Si/c1-6-24-27(25-7-2,26-8-3)19-17-15-13-11-9-10-12-14-16-18-23-21(22)20(4)5/h4,6-19H2,1-3,5H3. The molecule has 0 aromatic heterocycles. The number of carbonyl (C=O) groups is 1. The molecule has 0 rings (SSSR count). The molecule has 0 heterocycles. The third-order valence-corrected chi connectivity index (χ3v) is 7.45. The Kier molecular flexibility index (Phi) is 17.0. The second-order valence-corrected chi connectivity index (χ2v) is 9.56. The molecule has 0 amide bonds. The molecule has 160 valence electrons. The molecule has 27 heavy (non-hydrogen) atoms. The summed E-state index contributed by atoms with van der Waals surface area (Å²) in [5.41, 5.74) is 0.471. The Labute approximate surface area is 168 Å². The fourth-order valence-corrected chi connectivity index (χ4v) is 5.66. The van der Waals surface area contributed by atoms with Gasteiger partial charge in [-0.1, -0.05) is 51.5 Å². The van der Waals surface area contributed by atoms with Crippen molar-refractivity contribution in [3.05, 3.63) is 12.2 Å². The van der Waals surface area contributed by atoms with Crippen LogP contribution in [0.4, 0.5) is 0 Å². The molecule has 0 atom stereocenters. The summed E-state index contributed by atoms with van der Waals surface area (Å²) in [6, 6.07) is 0.922. The summed E-state index contributed by atoms with van der Waals surface area (Å²) in [4.78, 5) is 11.2. The van der Waals surface area contributed by atoms with E-state index in [9.17, 15) is 4.79 Å². The van der Waals surface area contributed by atoms with Gasteiger partial charge in [-0.3, -0.25) is 0 Å². The molecule has 0 aromatic rings. The zero-order chi connectivity index (χ0) is 20.4. The van der Waals surface area contributed by atoms with Gasteiger partial charge in [0.15, 0.2) is 0 Å². The molecule has 5 nitrogen and oxygen atoms in total. The van der Waals surface area contributed by atoms with Crippen LogP contribution in [0.25, 0.3) is 0 Å². The van der Waals surface area contributed by atoms with E-state index in [-0.39, 0.29) is 5.97 Å². The Hall–Kier alpha value is -0.693. The molecule has 0 aliphatic heterocycles. The summed E-state index contributed by atoms with van der Waals surface area (Å²) in [5.74, 6) is -0.278. The number of carbonyl (C=O) groups excluding carboxylic acids is 1. The molecule has 0 saturated carbocycles. The van der Waals surface area contributed by atoms with Crippen molar-refractivity contribution in [1.82, 2.24) is 0 Å². The minimum absolute atomic E-state index is 0.278. The highest BCUT2D eigenvalue weighted by molar-refractivity contribution is 6.60. The van der Waals surface area contributed by atoms with E-state index < -0.39 is 8.80 Å². The number of hydrogen-bond acceptors (Lipinski definition) is 5. The first-order valence-corrected chi connectivity index (χ1v) is 12.7. The van der Waals surface area contributed by atoms with Gasteiger partial charge in [-0.05, 0) is 40.5 Å². The molecule has 0 N–H and O–H groups in total. The Morgan fingerprint density at radius 2 is 1.15 bits per heavy atom. The normalized spacial score (nSPS) is 11.6. The molecule has 0 aliphatic rings. The van der Waals surface area contributed by atoms with Crippen LogP contribution in [0.2, 0.25) is 6.04 Å². The van der Waals surface area contributed by atoms with Crippen molar-refractivity contribution in [2.45, 2.75) is 91.5 Å². The third kappa shape index (κ3) is 14.0. The Morgan fingerprint density at radius 3 is 1.56 bits per heavy atom. The molecular weight excluding hydrogens is 360 g/mol. The van der Waals surface area contributed by atoms with Crippen LogP contribution in [0.5, 0.6) is 0 Å². The maximum absolute atomic E-state index is 11.2. The van der Waals surface area contributed by atoms with Gasteiger partial charge in [0.25, 0.3) is 0 Å². The van der Waals surface area contributed by atoms with E-state index in [1.54, 1.807) is 6.92 Å². The summed E-state index contributed by atoms with van der Waals surface area (Å²) < 4.78 is 22.8. The van der Waals surface area contributed by atoms with Crippen molar-refractivity contribution in [2.24, 2.45) is 0 Å². The lowest BCUT2D eigenvalue weighted by molar-refractivity contribution is -0.139. The van der Waals surface area contributed by atoms with Crippen molar-refractivity contribution in [2.75, 3.05) is 26.4 Å². The van der Waals surface area contributed by atoms with Crippen LogP contribution >= 0.6 is 0 Å². The van der Waals surface area contributed by atoms with Crippen molar-refractivity contribution in [3.63, 3.8) is 0 Å². The fraction of sp³-hybridized carbons (Fsp3) is 0.857. The third-order valence-electron chi connectivity index (χ3n) is 4.30. The topological polar surface area (TPSA) is 54.0 Å². The van der Waals surface area contributed by atoms with Gasteiger partial charge in [-0.15, -0.1) is 0 Å². The van der Waals surface area contributed by atoms with E-state index in [1.807, 2.05) is 20.8 Å². The number of unbranched alkanes of at least 4 members (excludes halogenated alkanes) is 8. The van der Waals surface area contributed by atoms with E-state index in [2.05, 4.69) is 6.58 Å². The van der Waals surface area contributed by atoms with Crippen LogP contribution in [0.15, 0.2) is 12.2 Å². The number of esters is 1. The maximum atomic E-state index is 11.2. The summed E-state index contributed by atoms with van der Waals surface area (Å²) in [6.07, 6.45) is 10.6. The van der Waals surface area contributed by atoms with Crippen molar-refractivity contribution in [1.29, 1.82) is 0 Å². The Bertz CT molecular complexity index is 370. The monoisotopic (exact) mass is 402 g/mol. The van der Waals surface area contributed by atoms with E-state index in [0.29, 0.717) is 32.0 Å². The van der Waals surface area contributed by atoms with E-state index >= 15 is 0 Å². The molecular formula is C21H42O5Si. The molecule has 0 bridgehead atoms. The van der Waals surface area contributed by atoms with Gasteiger partial charge in [0.05, 0.1) is 6.61 Å². The Morgan fingerprint density at radius 1 is 0.741 bits per heavy atom. The zero-order valence-electron chi connectivity index (χ0n) is 18.1. The highest BCUT2D eigenvalue weighted by Gasteiger charge is 2.39. The van der Waals surface area contributed by atoms with Crippen molar-refractivity contribution >= 4 is 14.8 Å². The van der Waals surface area contributed by atoms with Crippen molar-refractivity contribution in [3.8, 4) is 0 Å². The highest BCUT2D eigenvalue weighted by atomic mass is 28.4. The van der Waals surface area contributed by atoms with Gasteiger partial charge in [0.2, 0.25) is 0 Å². The molecule has 6 heteroatoms. The number of hydrogen-bond donors (Lipinski definition) is 0. The second kappa shape index (κ2) is 17.4. The number of ether oxygens (including phenoxy) is 1. The quantitative estimate of drug-likeness (QED) is 0.121. The van der Waals surface area contributed by atoms with Gasteiger partial charge in [-0.2, -0.15) is 0 Å². The van der Waals surface area contributed by atoms with Gasteiger partial charge in [-0.25, -0.2) is 4.79 Å². The summed E-state index contributed by atoms with van der Waals surface area (Å²) in [7, 11) is -2.45. The van der Waals surface area contributed by atoms with Gasteiger partial charge < -0.3 is 18.0 Å². The van der Waals surface area contributed by atoms with Crippen LogP contribution < -0.4 is 0 Å². The lowest BCUT2D eigenvalue weighted by Crippen LogP contribution is -2.45. The largest absolute Gasteiger partial charge is 0.500 e. The van der Waals surface area contributed by atoms with E-state index in [1.165, 1.54) is 38.5 Å². The summed E-state index contributed by atoms with van der Waals surface area (Å²) >= 11 is 0. The smallest absolute Gasteiger partial charge is 0.462 e. The molecule has 0 unspecified atom stereocenters. The lowest BCUT2D eigenvalue weighted by atomic mass is 10.1. The minimum Gasteiger partial charge on any atom is -0.462 e. The van der Waals surface area contributed by atoms with Crippen LogP contribution in [-0.4, -0.2) is 41.2 Å². The average Bonchev–Trinajstić information content (AvgIpc) is 2.63. The zero-order valence-corrected chi connectivity index (χ0v) is 19.1. The predicted molar refractivity (Wildman–Crippen MR) is 113 cm³/mol. The molecule has 0 aliphatic carbocycles. The maximum Gasteiger partial charge on any atom is 0.500 e. The van der Waals surface area contributed by atoms with Crippen LogP contribution in [0.1, 0.15) is 85.5 Å². The van der Waals surface area contributed by atoms with E-state index in [0.717, 1.165) is 25.3 Å². The molecule has 0 saturated heterocycles. The van der Waals surface area contributed by atoms with Crippen LogP contribution in [-0.2, 0) is 22.8 Å². The molecule has 0 spiro atoms. The summed E-state index contributed by atoms with van der Waals surface area (Å²) in [6.45, 7) is 13.7. The first kappa shape index (κ1) is 26.3. The second-order valence-electron chi connectivity index (χ2n) is 6.83. The number of rotatable bonds is 19. The molecule has 0 radical (unpaired) electrons. The van der Waals surface area contributed by atoms with Crippen molar-refractivity contribution < 1.29 is 22.8 Å². The highest BCUT2D eigenvalue weighted by Crippen LogP contribution is 2.21. The summed E-state index contributed by atoms with van der Waals surface area (Å²) in [5, 5.41) is 0. The Balaban J connectivity index is 3.62. The van der Waals surface area contributed by atoms with Gasteiger partial charge >= 0.3 is 14.8 Å². The minimum atomic E-state index is -2.45. The average molecular weight is 403 g/mol. The first-order chi connectivity index (χ1) is 13.0. The van der Waals surface area contributed by atoms with Gasteiger partial charge in [0, 0.05) is 31.4 Å². The SMILES string of the molecule is C=C(C)C(=O)OCCCCCCCCCCC[Si](OCC)(OCC)OCC. The fourth-order valence-electron chi connectivity index (χ4n) is 2.97. The van der Waals surface area contributed by atoms with Gasteiger partial charge in [0.1, 0.15) is 0 Å². The molecule has 0 aromatic carbocycles.